The van der Waals surface area contributed by atoms with E-state index in [2.05, 4.69) is 4.90 Å². The molecule has 0 bridgehead atoms. The maximum absolute atomic E-state index is 12.9. The number of ether oxygens (including phenoxy) is 2. The van der Waals surface area contributed by atoms with Gasteiger partial charge in [-0.15, -0.1) is 0 Å². The minimum absolute atomic E-state index is 0.115. The van der Waals surface area contributed by atoms with Crippen LogP contribution in [0.1, 0.15) is 32.6 Å². The Kier molecular flexibility index (Phi) is 5.22. The molecule has 5 rings (SSSR count). The zero-order valence-corrected chi connectivity index (χ0v) is 18.3. The van der Waals surface area contributed by atoms with Crippen molar-refractivity contribution in [3.05, 3.63) is 98.2 Å². The molecule has 0 aromatic heterocycles. The van der Waals surface area contributed by atoms with E-state index in [-0.39, 0.29) is 5.78 Å². The standard InChI is InChI=1S/C25H19Cl2NO3/c1-15-2-4-16(5-3-15)10-23-24(29)19-8-9-22-20(25(19)31-23)13-28(14-30-22)12-17-6-7-18(26)11-21(17)27/h2-11H,12-14H2,1H3/b23-10-. The molecule has 3 aromatic rings. The number of Topliss-reactive ketones (excluding diaryl/α,β-unsaturated/α-hetero) is 1. The molecule has 3 aromatic carbocycles. The molecule has 0 saturated heterocycles. The van der Waals surface area contributed by atoms with Gasteiger partial charge < -0.3 is 9.47 Å². The molecule has 156 valence electrons. The van der Waals surface area contributed by atoms with Gasteiger partial charge in [-0.05, 0) is 48.4 Å². The lowest BCUT2D eigenvalue weighted by Crippen LogP contribution is -2.31. The van der Waals surface area contributed by atoms with Gasteiger partial charge in [-0.3, -0.25) is 9.69 Å². The monoisotopic (exact) mass is 451 g/mol. The summed E-state index contributed by atoms with van der Waals surface area (Å²) in [4.78, 5) is 15.0. The van der Waals surface area contributed by atoms with Crippen molar-refractivity contribution in [3.8, 4) is 11.5 Å². The molecule has 2 heterocycles. The highest BCUT2D eigenvalue weighted by Gasteiger charge is 2.33. The molecule has 0 radical (unpaired) electrons. The van der Waals surface area contributed by atoms with E-state index in [0.29, 0.717) is 46.9 Å². The van der Waals surface area contributed by atoms with Gasteiger partial charge in [0, 0.05) is 23.1 Å². The molecular formula is C25H19Cl2NO3. The van der Waals surface area contributed by atoms with E-state index in [9.17, 15) is 4.79 Å². The second-order valence-corrected chi connectivity index (χ2v) is 8.61. The second kappa shape index (κ2) is 8.04. The Morgan fingerprint density at radius 3 is 2.65 bits per heavy atom. The molecule has 0 amide bonds. The number of carbonyl (C=O) groups excluding carboxylic acids is 1. The third-order valence-corrected chi connectivity index (χ3v) is 6.05. The second-order valence-electron chi connectivity index (χ2n) is 7.77. The third kappa shape index (κ3) is 3.94. The fourth-order valence-electron chi connectivity index (χ4n) is 3.81. The lowest BCUT2D eigenvalue weighted by molar-refractivity contribution is 0.0873. The molecule has 0 N–H and O–H groups in total. The van der Waals surface area contributed by atoms with Crippen molar-refractivity contribution >= 4 is 35.1 Å². The number of fused-ring (bicyclic) bond motifs is 3. The van der Waals surface area contributed by atoms with Crippen molar-refractivity contribution < 1.29 is 14.3 Å². The Morgan fingerprint density at radius 1 is 1.06 bits per heavy atom. The quantitative estimate of drug-likeness (QED) is 0.439. The maximum atomic E-state index is 12.9. The predicted molar refractivity (Wildman–Crippen MR) is 122 cm³/mol. The maximum Gasteiger partial charge on any atom is 0.231 e. The van der Waals surface area contributed by atoms with Crippen molar-refractivity contribution in [1.82, 2.24) is 4.90 Å². The van der Waals surface area contributed by atoms with Crippen molar-refractivity contribution in [3.63, 3.8) is 0 Å². The van der Waals surface area contributed by atoms with Gasteiger partial charge in [-0.2, -0.15) is 0 Å². The van der Waals surface area contributed by atoms with Crippen molar-refractivity contribution in [2.24, 2.45) is 0 Å². The largest absolute Gasteiger partial charge is 0.478 e. The van der Waals surface area contributed by atoms with Crippen LogP contribution in [0.4, 0.5) is 0 Å². The van der Waals surface area contributed by atoms with Crippen LogP contribution in [0.5, 0.6) is 11.5 Å². The highest BCUT2D eigenvalue weighted by atomic mass is 35.5. The first-order valence-corrected chi connectivity index (χ1v) is 10.7. The fourth-order valence-corrected chi connectivity index (χ4v) is 4.28. The Bertz CT molecular complexity index is 1220. The highest BCUT2D eigenvalue weighted by molar-refractivity contribution is 6.35. The zero-order valence-electron chi connectivity index (χ0n) is 16.8. The van der Waals surface area contributed by atoms with Crippen molar-refractivity contribution in [1.29, 1.82) is 0 Å². The number of allylic oxidation sites excluding steroid dienone is 1. The summed E-state index contributed by atoms with van der Waals surface area (Å²) in [7, 11) is 0. The highest BCUT2D eigenvalue weighted by Crippen LogP contribution is 2.42. The number of carbonyl (C=O) groups is 1. The van der Waals surface area contributed by atoms with E-state index in [1.54, 1.807) is 18.2 Å². The Balaban J connectivity index is 1.42. The van der Waals surface area contributed by atoms with E-state index < -0.39 is 0 Å². The van der Waals surface area contributed by atoms with Crippen molar-refractivity contribution in [2.75, 3.05) is 6.73 Å². The number of ketones is 1. The van der Waals surface area contributed by atoms with Crippen LogP contribution in [0.15, 0.2) is 60.4 Å². The van der Waals surface area contributed by atoms with Crippen LogP contribution in [0.2, 0.25) is 10.0 Å². The van der Waals surface area contributed by atoms with E-state index in [4.69, 9.17) is 32.7 Å². The van der Waals surface area contributed by atoms with Crippen LogP contribution in [0.25, 0.3) is 6.08 Å². The Labute approximate surface area is 190 Å². The first kappa shape index (κ1) is 20.1. The number of hydrogen-bond acceptors (Lipinski definition) is 4. The molecule has 0 aliphatic carbocycles. The van der Waals surface area contributed by atoms with Gasteiger partial charge in [0.15, 0.2) is 5.76 Å². The summed E-state index contributed by atoms with van der Waals surface area (Å²) in [6.45, 7) is 3.63. The molecule has 0 saturated carbocycles. The molecule has 0 unspecified atom stereocenters. The number of rotatable bonds is 3. The number of halogens is 2. The fraction of sp³-hybridized carbons (Fsp3) is 0.160. The smallest absolute Gasteiger partial charge is 0.231 e. The number of hydrogen-bond donors (Lipinski definition) is 0. The normalized spacial score (nSPS) is 16.6. The van der Waals surface area contributed by atoms with E-state index in [1.807, 2.05) is 49.4 Å². The van der Waals surface area contributed by atoms with Crippen LogP contribution < -0.4 is 9.47 Å². The first-order valence-electron chi connectivity index (χ1n) is 9.94. The van der Waals surface area contributed by atoms with Gasteiger partial charge in [-0.25, -0.2) is 0 Å². The SMILES string of the molecule is Cc1ccc(/C=C2\Oc3c(ccc4c3CN(Cc3ccc(Cl)cc3Cl)CO4)C2=O)cc1. The molecule has 31 heavy (non-hydrogen) atoms. The zero-order chi connectivity index (χ0) is 21.5. The van der Waals surface area contributed by atoms with Gasteiger partial charge >= 0.3 is 0 Å². The van der Waals surface area contributed by atoms with Crippen LogP contribution in [0, 0.1) is 6.92 Å². The predicted octanol–water partition coefficient (Wildman–Crippen LogP) is 6.27. The number of aryl methyl sites for hydroxylation is 1. The van der Waals surface area contributed by atoms with Crippen LogP contribution in [-0.4, -0.2) is 17.4 Å². The van der Waals surface area contributed by atoms with Gasteiger partial charge in [0.25, 0.3) is 0 Å². The summed E-state index contributed by atoms with van der Waals surface area (Å²) in [5.74, 6) is 1.52. The third-order valence-electron chi connectivity index (χ3n) is 5.47. The Hall–Kier alpha value is -2.79. The molecule has 2 aliphatic heterocycles. The van der Waals surface area contributed by atoms with Gasteiger partial charge in [0.1, 0.15) is 18.2 Å². The lowest BCUT2D eigenvalue weighted by atomic mass is 10.0. The summed E-state index contributed by atoms with van der Waals surface area (Å²) in [5, 5.41) is 1.22. The summed E-state index contributed by atoms with van der Waals surface area (Å²) >= 11 is 12.3. The Morgan fingerprint density at radius 2 is 1.87 bits per heavy atom. The molecule has 0 fully saturated rings. The summed E-state index contributed by atoms with van der Waals surface area (Å²) in [6, 6.07) is 17.0. The topological polar surface area (TPSA) is 38.8 Å². The first-order chi connectivity index (χ1) is 15.0. The van der Waals surface area contributed by atoms with E-state index in [1.165, 1.54) is 0 Å². The number of nitrogens with zero attached hydrogens (tertiary/aromatic N) is 1. The van der Waals surface area contributed by atoms with Crippen LogP contribution in [-0.2, 0) is 13.1 Å². The lowest BCUT2D eigenvalue weighted by Gasteiger charge is -2.30. The summed E-state index contributed by atoms with van der Waals surface area (Å²) < 4.78 is 12.0. The minimum Gasteiger partial charge on any atom is -0.478 e. The minimum atomic E-state index is -0.115. The van der Waals surface area contributed by atoms with Crippen LogP contribution in [0.3, 0.4) is 0 Å². The van der Waals surface area contributed by atoms with Crippen molar-refractivity contribution in [2.45, 2.75) is 20.0 Å². The molecule has 2 aliphatic rings. The average molecular weight is 452 g/mol. The van der Waals surface area contributed by atoms with E-state index in [0.717, 1.165) is 28.0 Å². The molecule has 6 heteroatoms. The summed E-state index contributed by atoms with van der Waals surface area (Å²) in [6.07, 6.45) is 1.78. The summed E-state index contributed by atoms with van der Waals surface area (Å²) in [5.41, 5.74) is 4.48. The molecular weight excluding hydrogens is 433 g/mol. The van der Waals surface area contributed by atoms with Gasteiger partial charge in [0.05, 0.1) is 11.1 Å². The molecule has 0 atom stereocenters. The van der Waals surface area contributed by atoms with Gasteiger partial charge in [-0.1, -0.05) is 59.1 Å². The average Bonchev–Trinajstić information content (AvgIpc) is 3.08. The van der Waals surface area contributed by atoms with Crippen LogP contribution >= 0.6 is 23.2 Å². The van der Waals surface area contributed by atoms with E-state index >= 15 is 0 Å². The van der Waals surface area contributed by atoms with Gasteiger partial charge in [0.2, 0.25) is 5.78 Å². The number of benzene rings is 3. The molecule has 0 spiro atoms. The molecule has 4 nitrogen and oxygen atoms in total.